The van der Waals surface area contributed by atoms with E-state index in [1.54, 1.807) is 0 Å². The standard InChI is InChI=1S/C12H22N4O2S/c1-10-11(4-5-13)12(15(2)14-10)16-6-3-8-19(17,18)9-7-16/h3-9,13H2,1-2H3. The zero-order valence-corrected chi connectivity index (χ0v) is 12.4. The lowest BCUT2D eigenvalue weighted by molar-refractivity contribution is 0.597. The Morgan fingerprint density at radius 1 is 1.32 bits per heavy atom. The average molecular weight is 286 g/mol. The Hall–Kier alpha value is -1.08. The molecule has 1 saturated heterocycles. The molecule has 1 aromatic rings. The molecule has 1 aliphatic heterocycles. The van der Waals surface area contributed by atoms with Crippen LogP contribution in [0.3, 0.4) is 0 Å². The summed E-state index contributed by atoms with van der Waals surface area (Å²) in [6, 6.07) is 0. The first kappa shape index (κ1) is 14.3. The summed E-state index contributed by atoms with van der Waals surface area (Å²) in [4.78, 5) is 2.13. The largest absolute Gasteiger partial charge is 0.356 e. The topological polar surface area (TPSA) is 81.2 Å². The number of rotatable bonds is 3. The number of hydrogen-bond donors (Lipinski definition) is 1. The Morgan fingerprint density at radius 2 is 2.05 bits per heavy atom. The van der Waals surface area contributed by atoms with E-state index in [-0.39, 0.29) is 11.5 Å². The molecule has 2 N–H and O–H groups in total. The molecule has 2 heterocycles. The van der Waals surface area contributed by atoms with E-state index in [0.717, 1.165) is 30.0 Å². The van der Waals surface area contributed by atoms with Crippen molar-refractivity contribution in [2.24, 2.45) is 12.8 Å². The number of aryl methyl sites for hydroxylation is 2. The highest BCUT2D eigenvalue weighted by Gasteiger charge is 2.24. The SMILES string of the molecule is Cc1nn(C)c(N2CCCS(=O)(=O)CC2)c1CCN. The van der Waals surface area contributed by atoms with Gasteiger partial charge in [0, 0.05) is 25.7 Å². The van der Waals surface area contributed by atoms with Gasteiger partial charge in [0.15, 0.2) is 9.84 Å². The molecule has 1 aliphatic rings. The lowest BCUT2D eigenvalue weighted by atomic mass is 10.1. The molecule has 6 nitrogen and oxygen atoms in total. The normalized spacial score (nSPS) is 19.4. The Labute approximate surface area is 114 Å². The van der Waals surface area contributed by atoms with Crippen molar-refractivity contribution in [1.29, 1.82) is 0 Å². The summed E-state index contributed by atoms with van der Waals surface area (Å²) in [5.74, 6) is 1.53. The molecule has 0 bridgehead atoms. The highest BCUT2D eigenvalue weighted by Crippen LogP contribution is 2.25. The minimum Gasteiger partial charge on any atom is -0.356 e. The molecule has 7 heteroatoms. The van der Waals surface area contributed by atoms with Crippen molar-refractivity contribution < 1.29 is 8.42 Å². The maximum atomic E-state index is 11.7. The summed E-state index contributed by atoms with van der Waals surface area (Å²) in [6.45, 7) is 3.85. The number of sulfone groups is 1. The van der Waals surface area contributed by atoms with Crippen LogP contribution < -0.4 is 10.6 Å². The molecule has 0 unspecified atom stereocenters. The van der Waals surface area contributed by atoms with Gasteiger partial charge >= 0.3 is 0 Å². The predicted molar refractivity (Wildman–Crippen MR) is 76.2 cm³/mol. The van der Waals surface area contributed by atoms with Crippen LogP contribution in [0, 0.1) is 6.92 Å². The number of hydrogen-bond acceptors (Lipinski definition) is 5. The van der Waals surface area contributed by atoms with Crippen LogP contribution in [0.5, 0.6) is 0 Å². The van der Waals surface area contributed by atoms with Crippen LogP contribution in [0.4, 0.5) is 5.82 Å². The molecule has 0 saturated carbocycles. The van der Waals surface area contributed by atoms with Crippen LogP contribution in [-0.2, 0) is 23.3 Å². The molecule has 0 amide bonds. The lowest BCUT2D eigenvalue weighted by Crippen LogP contribution is -2.29. The molecule has 0 spiro atoms. The minimum atomic E-state index is -2.89. The quantitative estimate of drug-likeness (QED) is 0.836. The van der Waals surface area contributed by atoms with E-state index in [1.165, 1.54) is 0 Å². The van der Waals surface area contributed by atoms with E-state index < -0.39 is 9.84 Å². The van der Waals surface area contributed by atoms with Crippen molar-refractivity contribution in [3.05, 3.63) is 11.3 Å². The van der Waals surface area contributed by atoms with Gasteiger partial charge in [-0.3, -0.25) is 4.68 Å². The second-order valence-electron chi connectivity index (χ2n) is 5.04. The van der Waals surface area contributed by atoms with Crippen molar-refractivity contribution in [3.8, 4) is 0 Å². The highest BCUT2D eigenvalue weighted by molar-refractivity contribution is 7.91. The van der Waals surface area contributed by atoms with Gasteiger partial charge in [-0.05, 0) is 26.3 Å². The Balaban J connectivity index is 2.31. The third-order valence-electron chi connectivity index (χ3n) is 3.56. The van der Waals surface area contributed by atoms with Gasteiger partial charge in [-0.15, -0.1) is 0 Å². The summed E-state index contributed by atoms with van der Waals surface area (Å²) >= 11 is 0. The molecule has 108 valence electrons. The third-order valence-corrected chi connectivity index (χ3v) is 5.28. The zero-order valence-electron chi connectivity index (χ0n) is 11.6. The van der Waals surface area contributed by atoms with E-state index in [9.17, 15) is 8.42 Å². The average Bonchev–Trinajstić information content (AvgIpc) is 2.49. The maximum absolute atomic E-state index is 11.7. The molecular weight excluding hydrogens is 264 g/mol. The first-order valence-electron chi connectivity index (χ1n) is 6.62. The fraction of sp³-hybridized carbons (Fsp3) is 0.750. The Morgan fingerprint density at radius 3 is 2.74 bits per heavy atom. The van der Waals surface area contributed by atoms with Gasteiger partial charge in [0.05, 0.1) is 17.2 Å². The van der Waals surface area contributed by atoms with Gasteiger partial charge in [-0.1, -0.05) is 0 Å². The van der Waals surface area contributed by atoms with Gasteiger partial charge in [-0.2, -0.15) is 5.10 Å². The molecular formula is C12H22N4O2S. The Bertz CT molecular complexity index is 550. The Kier molecular flexibility index (Phi) is 4.15. The first-order chi connectivity index (χ1) is 8.94. The minimum absolute atomic E-state index is 0.222. The van der Waals surface area contributed by atoms with Gasteiger partial charge in [0.2, 0.25) is 0 Å². The van der Waals surface area contributed by atoms with Crippen LogP contribution in [0.2, 0.25) is 0 Å². The molecule has 0 aromatic carbocycles. The molecule has 0 atom stereocenters. The van der Waals surface area contributed by atoms with Crippen LogP contribution in [0.15, 0.2) is 0 Å². The first-order valence-corrected chi connectivity index (χ1v) is 8.44. The molecule has 19 heavy (non-hydrogen) atoms. The molecule has 2 rings (SSSR count). The van der Waals surface area contributed by atoms with E-state index in [2.05, 4.69) is 10.00 Å². The maximum Gasteiger partial charge on any atom is 0.152 e. The number of anilines is 1. The van der Waals surface area contributed by atoms with Crippen LogP contribution >= 0.6 is 0 Å². The second-order valence-corrected chi connectivity index (χ2v) is 7.35. The van der Waals surface area contributed by atoms with Gasteiger partial charge in [0.25, 0.3) is 0 Å². The zero-order chi connectivity index (χ0) is 14.0. The van der Waals surface area contributed by atoms with E-state index >= 15 is 0 Å². The lowest BCUT2D eigenvalue weighted by Gasteiger charge is -2.23. The van der Waals surface area contributed by atoms with Crippen molar-refractivity contribution in [2.75, 3.05) is 36.0 Å². The monoisotopic (exact) mass is 286 g/mol. The molecule has 1 fully saturated rings. The predicted octanol–water partition coefficient (Wildman–Crippen LogP) is -0.145. The number of aromatic nitrogens is 2. The summed E-state index contributed by atoms with van der Waals surface area (Å²) in [5.41, 5.74) is 7.78. The highest BCUT2D eigenvalue weighted by atomic mass is 32.2. The molecule has 0 radical (unpaired) electrons. The van der Waals surface area contributed by atoms with Gasteiger partial charge < -0.3 is 10.6 Å². The summed E-state index contributed by atoms with van der Waals surface area (Å²) in [5, 5.41) is 4.44. The summed E-state index contributed by atoms with van der Waals surface area (Å²) < 4.78 is 25.2. The van der Waals surface area contributed by atoms with E-state index in [4.69, 9.17) is 5.73 Å². The third kappa shape index (κ3) is 3.09. The van der Waals surface area contributed by atoms with Crippen molar-refractivity contribution in [2.45, 2.75) is 19.8 Å². The summed E-state index contributed by atoms with van der Waals surface area (Å²) in [6.07, 6.45) is 1.45. The van der Waals surface area contributed by atoms with Crippen LogP contribution in [0.25, 0.3) is 0 Å². The fourth-order valence-corrected chi connectivity index (χ4v) is 3.94. The molecule has 0 aliphatic carbocycles. The van der Waals surface area contributed by atoms with Gasteiger partial charge in [0.1, 0.15) is 5.82 Å². The molecule has 1 aromatic heterocycles. The fourth-order valence-electron chi connectivity index (χ4n) is 2.67. The van der Waals surface area contributed by atoms with Crippen molar-refractivity contribution >= 4 is 15.7 Å². The van der Waals surface area contributed by atoms with E-state index in [0.29, 0.717) is 19.5 Å². The van der Waals surface area contributed by atoms with Crippen LogP contribution in [0.1, 0.15) is 17.7 Å². The number of nitrogens with zero attached hydrogens (tertiary/aromatic N) is 3. The van der Waals surface area contributed by atoms with Crippen molar-refractivity contribution in [3.63, 3.8) is 0 Å². The summed E-state index contributed by atoms with van der Waals surface area (Å²) in [7, 11) is -0.983. The van der Waals surface area contributed by atoms with Crippen molar-refractivity contribution in [1.82, 2.24) is 9.78 Å². The van der Waals surface area contributed by atoms with Gasteiger partial charge in [-0.25, -0.2) is 8.42 Å². The van der Waals surface area contributed by atoms with E-state index in [1.807, 2.05) is 18.7 Å². The van der Waals surface area contributed by atoms with Crippen LogP contribution in [-0.4, -0.2) is 49.3 Å². The smallest absolute Gasteiger partial charge is 0.152 e. The second kappa shape index (κ2) is 5.50. The number of nitrogens with two attached hydrogens (primary N) is 1.